The first-order chi connectivity index (χ1) is 10.6. The first-order valence-electron chi connectivity index (χ1n) is 6.16. The molecule has 1 atom stereocenters. The zero-order chi connectivity index (χ0) is 15.9. The van der Waals surface area contributed by atoms with Crippen molar-refractivity contribution in [2.24, 2.45) is 4.58 Å². The van der Waals surface area contributed by atoms with Crippen LogP contribution in [-0.4, -0.2) is 40.3 Å². The highest BCUT2D eigenvalue weighted by atomic mass is 32.2. The Labute approximate surface area is 128 Å². The highest BCUT2D eigenvalue weighted by Gasteiger charge is 2.21. The molecular formula is C12H12N4O5S. The maximum atomic E-state index is 11.9. The highest BCUT2D eigenvalue weighted by molar-refractivity contribution is 7.97. The zero-order valence-corrected chi connectivity index (χ0v) is 12.0. The second-order valence-electron chi connectivity index (χ2n) is 4.17. The summed E-state index contributed by atoms with van der Waals surface area (Å²) in [6, 6.07) is 6.22. The predicted molar refractivity (Wildman–Crippen MR) is 80.3 cm³/mol. The van der Waals surface area contributed by atoms with Gasteiger partial charge in [-0.1, -0.05) is 12.1 Å². The number of carbonyl (C=O) groups excluding carboxylic acids is 1. The van der Waals surface area contributed by atoms with E-state index < -0.39 is 24.5 Å². The molecule has 0 aliphatic carbocycles. The summed E-state index contributed by atoms with van der Waals surface area (Å²) < 4.78 is 8.03. The summed E-state index contributed by atoms with van der Waals surface area (Å²) in [7, 11) is 0. The van der Waals surface area contributed by atoms with E-state index in [2.05, 4.69) is 20.2 Å². The number of rotatable bonds is 8. The molecule has 9 nitrogen and oxygen atoms in total. The summed E-state index contributed by atoms with van der Waals surface area (Å²) in [4.78, 5) is 36.7. The van der Waals surface area contributed by atoms with Gasteiger partial charge < -0.3 is 20.2 Å². The number of hydrogen-bond acceptors (Lipinski definition) is 8. The molecular weight excluding hydrogens is 312 g/mol. The van der Waals surface area contributed by atoms with Gasteiger partial charge in [-0.15, -0.1) is 4.91 Å². The monoisotopic (exact) mass is 324 g/mol. The average molecular weight is 324 g/mol. The first-order valence-corrected chi connectivity index (χ1v) is 7.10. The lowest BCUT2D eigenvalue weighted by atomic mass is 10.3. The van der Waals surface area contributed by atoms with E-state index in [0.29, 0.717) is 23.0 Å². The van der Waals surface area contributed by atoms with Crippen LogP contribution in [0, 0.1) is 4.91 Å². The molecule has 0 aliphatic rings. The van der Waals surface area contributed by atoms with Crippen LogP contribution in [0.2, 0.25) is 0 Å². The van der Waals surface area contributed by atoms with E-state index >= 15 is 0 Å². The van der Waals surface area contributed by atoms with E-state index in [4.69, 9.17) is 9.52 Å². The molecule has 10 heteroatoms. The number of amides is 1. The Kier molecular flexibility index (Phi) is 5.31. The largest absolute Gasteiger partial charge is 0.480 e. The van der Waals surface area contributed by atoms with Crippen LogP contribution < -0.4 is 10.6 Å². The standard InChI is InChI=1S/C12H12N4O5S/c17-10(18)5-13-11(19)8(6-22-16-20)15-12-14-7-3-1-2-4-9(7)21-12/h1-4,8H,5-6H2,(H,13,19)(H,14,15)(H,17,18). The van der Waals surface area contributed by atoms with Gasteiger partial charge in [0.25, 0.3) is 6.01 Å². The van der Waals surface area contributed by atoms with Gasteiger partial charge in [0, 0.05) is 22.3 Å². The van der Waals surface area contributed by atoms with Gasteiger partial charge in [-0.2, -0.15) is 4.98 Å². The van der Waals surface area contributed by atoms with Gasteiger partial charge in [-0.05, 0) is 12.1 Å². The van der Waals surface area contributed by atoms with Crippen molar-refractivity contribution in [2.45, 2.75) is 6.04 Å². The number of carboxylic acids is 1. The topological polar surface area (TPSA) is 134 Å². The third-order valence-electron chi connectivity index (χ3n) is 2.62. The van der Waals surface area contributed by atoms with Crippen LogP contribution in [0.5, 0.6) is 0 Å². The number of para-hydroxylation sites is 2. The molecule has 0 spiro atoms. The molecule has 22 heavy (non-hydrogen) atoms. The van der Waals surface area contributed by atoms with E-state index in [1.54, 1.807) is 24.3 Å². The summed E-state index contributed by atoms with van der Waals surface area (Å²) in [5.74, 6) is -1.76. The maximum absolute atomic E-state index is 11.9. The van der Waals surface area contributed by atoms with E-state index in [1.807, 2.05) is 0 Å². The fourth-order valence-electron chi connectivity index (χ4n) is 1.66. The molecule has 0 saturated carbocycles. The Bertz CT molecular complexity index is 656. The van der Waals surface area contributed by atoms with E-state index in [9.17, 15) is 14.5 Å². The van der Waals surface area contributed by atoms with Gasteiger partial charge in [0.15, 0.2) is 5.58 Å². The van der Waals surface area contributed by atoms with Crippen molar-refractivity contribution in [1.29, 1.82) is 0 Å². The smallest absolute Gasteiger partial charge is 0.322 e. The van der Waals surface area contributed by atoms with Crippen LogP contribution in [0.4, 0.5) is 6.01 Å². The average Bonchev–Trinajstić information content (AvgIpc) is 2.91. The molecule has 0 radical (unpaired) electrons. The molecule has 0 fully saturated rings. The number of carbonyl (C=O) groups is 2. The van der Waals surface area contributed by atoms with Gasteiger partial charge in [-0.3, -0.25) is 9.59 Å². The van der Waals surface area contributed by atoms with Gasteiger partial charge >= 0.3 is 5.97 Å². The van der Waals surface area contributed by atoms with Crippen molar-refractivity contribution in [3.8, 4) is 0 Å². The van der Waals surface area contributed by atoms with Crippen LogP contribution in [0.15, 0.2) is 33.3 Å². The van der Waals surface area contributed by atoms with Gasteiger partial charge in [0.05, 0.1) is 0 Å². The number of nitrogens with zero attached hydrogens (tertiary/aromatic N) is 2. The lowest BCUT2D eigenvalue weighted by Gasteiger charge is -2.14. The number of aliphatic carboxylic acids is 1. The van der Waals surface area contributed by atoms with E-state index in [1.165, 1.54) is 0 Å². The van der Waals surface area contributed by atoms with Crippen molar-refractivity contribution >= 4 is 40.9 Å². The Morgan fingerprint density at radius 1 is 1.41 bits per heavy atom. The summed E-state index contributed by atoms with van der Waals surface area (Å²) in [5.41, 5.74) is 1.15. The lowest BCUT2D eigenvalue weighted by Crippen LogP contribution is -2.43. The fraction of sp³-hybridized carbons (Fsp3) is 0.250. The van der Waals surface area contributed by atoms with Crippen LogP contribution in [0.1, 0.15) is 0 Å². The van der Waals surface area contributed by atoms with Crippen LogP contribution in [-0.2, 0) is 9.59 Å². The van der Waals surface area contributed by atoms with Crippen molar-refractivity contribution < 1.29 is 19.1 Å². The molecule has 0 saturated heterocycles. The third kappa shape index (κ3) is 4.19. The number of anilines is 1. The summed E-state index contributed by atoms with van der Waals surface area (Å²) in [5, 5.41) is 13.5. The number of aromatic nitrogens is 1. The minimum Gasteiger partial charge on any atom is -0.480 e. The molecule has 0 bridgehead atoms. The lowest BCUT2D eigenvalue weighted by molar-refractivity contribution is -0.137. The predicted octanol–water partition coefficient (Wildman–Crippen LogP) is 1.22. The van der Waals surface area contributed by atoms with Crippen LogP contribution in [0.25, 0.3) is 11.1 Å². The molecule has 2 rings (SSSR count). The number of oxazole rings is 1. The quantitative estimate of drug-likeness (QED) is 0.487. The number of hydrogen-bond donors (Lipinski definition) is 3. The zero-order valence-electron chi connectivity index (χ0n) is 11.2. The fourth-order valence-corrected chi connectivity index (χ4v) is 2.10. The maximum Gasteiger partial charge on any atom is 0.322 e. The minimum absolute atomic E-state index is 0.00762. The molecule has 1 aromatic heterocycles. The molecule has 116 valence electrons. The molecule has 1 aromatic carbocycles. The Morgan fingerprint density at radius 3 is 2.86 bits per heavy atom. The number of nitrogens with one attached hydrogen (secondary N) is 2. The van der Waals surface area contributed by atoms with Gasteiger partial charge in [0.1, 0.15) is 18.1 Å². The Hall–Kier alpha value is -2.62. The summed E-state index contributed by atoms with van der Waals surface area (Å²) in [6.45, 7) is -0.524. The molecule has 1 unspecified atom stereocenters. The minimum atomic E-state index is -1.17. The second-order valence-corrected chi connectivity index (χ2v) is 4.91. The third-order valence-corrected chi connectivity index (χ3v) is 3.20. The normalized spacial score (nSPS) is 11.8. The molecule has 0 aliphatic heterocycles. The summed E-state index contributed by atoms with van der Waals surface area (Å²) in [6.07, 6.45) is 0. The second kappa shape index (κ2) is 7.41. The van der Waals surface area contributed by atoms with E-state index in [0.717, 1.165) is 0 Å². The van der Waals surface area contributed by atoms with Gasteiger partial charge in [0.2, 0.25) is 5.91 Å². The number of benzene rings is 1. The molecule has 1 amide bonds. The molecule has 3 N–H and O–H groups in total. The van der Waals surface area contributed by atoms with Crippen LogP contribution >= 0.6 is 11.9 Å². The Morgan fingerprint density at radius 2 is 2.18 bits per heavy atom. The number of carboxylic acid groups (broad SMARTS) is 1. The molecule has 1 heterocycles. The van der Waals surface area contributed by atoms with Crippen molar-refractivity contribution in [2.75, 3.05) is 17.6 Å². The highest BCUT2D eigenvalue weighted by Crippen LogP contribution is 2.19. The van der Waals surface area contributed by atoms with Crippen molar-refractivity contribution in [3.05, 3.63) is 29.2 Å². The van der Waals surface area contributed by atoms with Crippen LogP contribution in [0.3, 0.4) is 0 Å². The van der Waals surface area contributed by atoms with E-state index in [-0.39, 0.29) is 11.8 Å². The number of fused-ring (bicyclic) bond motifs is 1. The van der Waals surface area contributed by atoms with Crippen molar-refractivity contribution in [3.63, 3.8) is 0 Å². The SMILES string of the molecule is O=NSCC(Nc1nc2ccccc2o1)C(=O)NCC(=O)O. The molecule has 2 aromatic rings. The van der Waals surface area contributed by atoms with Crippen molar-refractivity contribution in [1.82, 2.24) is 10.3 Å². The summed E-state index contributed by atoms with van der Waals surface area (Å²) >= 11 is 0.634. The first kappa shape index (κ1) is 15.8. The number of nitroso groups, excluding NO2 is 1. The Balaban J connectivity index is 2.09. The van der Waals surface area contributed by atoms with Gasteiger partial charge in [-0.25, -0.2) is 0 Å².